The molecule has 1 aliphatic rings. The van der Waals surface area contributed by atoms with Crippen LogP contribution in [0.15, 0.2) is 18.2 Å². The van der Waals surface area contributed by atoms with E-state index in [1.54, 1.807) is 6.07 Å². The standard InChI is InChI=1S/C16H24FN/c1-4-13-7-9-18(10-8-13)14-5-6-15(12(2)3)16(17)11-14/h5-6,11-13H,4,7-10H2,1-3H3. The Morgan fingerprint density at radius 1 is 1.28 bits per heavy atom. The Kier molecular flexibility index (Phi) is 4.26. The molecule has 2 rings (SSSR count). The third kappa shape index (κ3) is 2.85. The predicted octanol–water partition coefficient (Wildman–Crippen LogP) is 4.58. The molecule has 100 valence electrons. The van der Waals surface area contributed by atoms with Crippen LogP contribution in [-0.4, -0.2) is 13.1 Å². The van der Waals surface area contributed by atoms with Crippen LogP contribution in [0.2, 0.25) is 0 Å². The fourth-order valence-electron chi connectivity index (χ4n) is 2.78. The molecule has 0 unspecified atom stereocenters. The summed E-state index contributed by atoms with van der Waals surface area (Å²) in [4.78, 5) is 2.32. The number of piperidine rings is 1. The summed E-state index contributed by atoms with van der Waals surface area (Å²) >= 11 is 0. The van der Waals surface area contributed by atoms with Gasteiger partial charge in [-0.2, -0.15) is 0 Å². The normalized spacial score (nSPS) is 17.5. The lowest BCUT2D eigenvalue weighted by Gasteiger charge is -2.33. The molecule has 0 spiro atoms. The molecule has 0 N–H and O–H groups in total. The molecule has 0 bridgehead atoms. The Bertz CT molecular complexity index is 392. The number of anilines is 1. The molecule has 1 aromatic rings. The molecule has 18 heavy (non-hydrogen) atoms. The predicted molar refractivity (Wildman–Crippen MR) is 75.7 cm³/mol. The van der Waals surface area contributed by atoms with E-state index in [9.17, 15) is 4.39 Å². The molecule has 1 saturated heterocycles. The van der Waals surface area contributed by atoms with Gasteiger partial charge in [-0.25, -0.2) is 4.39 Å². The maximum absolute atomic E-state index is 14.0. The Morgan fingerprint density at radius 3 is 2.44 bits per heavy atom. The summed E-state index contributed by atoms with van der Waals surface area (Å²) in [6.07, 6.45) is 3.75. The van der Waals surface area contributed by atoms with E-state index in [4.69, 9.17) is 0 Å². The van der Waals surface area contributed by atoms with Crippen molar-refractivity contribution in [3.05, 3.63) is 29.6 Å². The molecule has 1 aliphatic heterocycles. The quantitative estimate of drug-likeness (QED) is 0.758. The third-order valence-electron chi connectivity index (χ3n) is 4.16. The van der Waals surface area contributed by atoms with Crippen molar-refractivity contribution in [3.63, 3.8) is 0 Å². The number of rotatable bonds is 3. The zero-order valence-electron chi connectivity index (χ0n) is 11.7. The summed E-state index contributed by atoms with van der Waals surface area (Å²) in [5, 5.41) is 0. The van der Waals surface area contributed by atoms with E-state index in [0.717, 1.165) is 30.3 Å². The monoisotopic (exact) mass is 249 g/mol. The van der Waals surface area contributed by atoms with Gasteiger partial charge in [0.1, 0.15) is 5.82 Å². The van der Waals surface area contributed by atoms with E-state index in [1.807, 2.05) is 19.9 Å². The molecule has 1 fully saturated rings. The number of halogens is 1. The van der Waals surface area contributed by atoms with Gasteiger partial charge in [-0.3, -0.25) is 0 Å². The van der Waals surface area contributed by atoms with E-state index < -0.39 is 0 Å². The van der Waals surface area contributed by atoms with Crippen molar-refractivity contribution in [2.24, 2.45) is 5.92 Å². The summed E-state index contributed by atoms with van der Waals surface area (Å²) in [6, 6.07) is 5.73. The first-order valence-electron chi connectivity index (χ1n) is 7.16. The molecule has 0 radical (unpaired) electrons. The lowest BCUT2D eigenvalue weighted by molar-refractivity contribution is 0.395. The SMILES string of the molecule is CCC1CCN(c2ccc(C(C)C)c(F)c2)CC1. The highest BCUT2D eigenvalue weighted by atomic mass is 19.1. The Morgan fingerprint density at radius 2 is 1.94 bits per heavy atom. The van der Waals surface area contributed by atoms with Crippen LogP contribution in [0.4, 0.5) is 10.1 Å². The fourth-order valence-corrected chi connectivity index (χ4v) is 2.78. The molecule has 1 nitrogen and oxygen atoms in total. The van der Waals surface area contributed by atoms with E-state index in [1.165, 1.54) is 19.3 Å². The Labute approximate surface area is 110 Å². The van der Waals surface area contributed by atoms with Gasteiger partial charge in [0.05, 0.1) is 0 Å². The van der Waals surface area contributed by atoms with Gasteiger partial charge in [0.2, 0.25) is 0 Å². The van der Waals surface area contributed by atoms with Gasteiger partial charge in [-0.15, -0.1) is 0 Å². The van der Waals surface area contributed by atoms with E-state index in [2.05, 4.69) is 17.9 Å². The van der Waals surface area contributed by atoms with Crippen LogP contribution in [0, 0.1) is 11.7 Å². The molecular weight excluding hydrogens is 225 g/mol. The lowest BCUT2D eigenvalue weighted by Crippen LogP contribution is -2.33. The van der Waals surface area contributed by atoms with Crippen molar-refractivity contribution in [1.82, 2.24) is 0 Å². The average Bonchev–Trinajstić information content (AvgIpc) is 2.38. The molecule has 0 amide bonds. The van der Waals surface area contributed by atoms with Crippen molar-refractivity contribution in [2.45, 2.75) is 46.0 Å². The molecule has 2 heteroatoms. The number of benzene rings is 1. The second-order valence-corrected chi connectivity index (χ2v) is 5.70. The van der Waals surface area contributed by atoms with Gasteiger partial charge in [0, 0.05) is 18.8 Å². The maximum atomic E-state index is 14.0. The highest BCUT2D eigenvalue weighted by molar-refractivity contribution is 5.49. The van der Waals surface area contributed by atoms with Gasteiger partial charge in [-0.05, 0) is 42.4 Å². The van der Waals surface area contributed by atoms with Crippen molar-refractivity contribution in [1.29, 1.82) is 0 Å². The number of nitrogens with zero attached hydrogens (tertiary/aromatic N) is 1. The van der Waals surface area contributed by atoms with Crippen LogP contribution >= 0.6 is 0 Å². The highest BCUT2D eigenvalue weighted by Crippen LogP contribution is 2.28. The molecular formula is C16H24FN. The van der Waals surface area contributed by atoms with Gasteiger partial charge < -0.3 is 4.90 Å². The second-order valence-electron chi connectivity index (χ2n) is 5.70. The third-order valence-corrected chi connectivity index (χ3v) is 4.16. The zero-order chi connectivity index (χ0) is 13.1. The summed E-state index contributed by atoms with van der Waals surface area (Å²) in [5.74, 6) is 1.06. The molecule has 1 heterocycles. The van der Waals surface area contributed by atoms with Crippen molar-refractivity contribution in [2.75, 3.05) is 18.0 Å². The molecule has 0 aromatic heterocycles. The van der Waals surface area contributed by atoms with Crippen molar-refractivity contribution < 1.29 is 4.39 Å². The Balaban J connectivity index is 2.08. The first kappa shape index (κ1) is 13.4. The van der Waals surface area contributed by atoms with Crippen LogP contribution in [0.3, 0.4) is 0 Å². The van der Waals surface area contributed by atoms with E-state index in [-0.39, 0.29) is 11.7 Å². The van der Waals surface area contributed by atoms with E-state index >= 15 is 0 Å². The molecule has 1 aromatic carbocycles. The minimum absolute atomic E-state index is 0.0554. The summed E-state index contributed by atoms with van der Waals surface area (Å²) in [6.45, 7) is 8.46. The van der Waals surface area contributed by atoms with Crippen LogP contribution < -0.4 is 4.90 Å². The largest absolute Gasteiger partial charge is 0.371 e. The van der Waals surface area contributed by atoms with Crippen molar-refractivity contribution >= 4 is 5.69 Å². The maximum Gasteiger partial charge on any atom is 0.128 e. The minimum atomic E-state index is -0.0554. The van der Waals surface area contributed by atoms with Gasteiger partial charge in [-0.1, -0.05) is 33.3 Å². The second kappa shape index (κ2) is 5.73. The van der Waals surface area contributed by atoms with Crippen LogP contribution in [-0.2, 0) is 0 Å². The zero-order valence-corrected chi connectivity index (χ0v) is 11.7. The molecule has 0 atom stereocenters. The van der Waals surface area contributed by atoms with Gasteiger partial charge in [0.15, 0.2) is 0 Å². The highest BCUT2D eigenvalue weighted by Gasteiger charge is 2.19. The van der Waals surface area contributed by atoms with Crippen LogP contribution in [0.25, 0.3) is 0 Å². The number of hydrogen-bond donors (Lipinski definition) is 0. The first-order valence-corrected chi connectivity index (χ1v) is 7.16. The summed E-state index contributed by atoms with van der Waals surface area (Å²) < 4.78 is 14.0. The summed E-state index contributed by atoms with van der Waals surface area (Å²) in [7, 11) is 0. The number of hydrogen-bond acceptors (Lipinski definition) is 1. The fraction of sp³-hybridized carbons (Fsp3) is 0.625. The lowest BCUT2D eigenvalue weighted by atomic mass is 9.94. The topological polar surface area (TPSA) is 3.24 Å². The van der Waals surface area contributed by atoms with Gasteiger partial charge >= 0.3 is 0 Å². The van der Waals surface area contributed by atoms with Crippen LogP contribution in [0.5, 0.6) is 0 Å². The van der Waals surface area contributed by atoms with Crippen LogP contribution in [0.1, 0.15) is 51.5 Å². The molecule has 0 saturated carbocycles. The van der Waals surface area contributed by atoms with Crippen molar-refractivity contribution in [3.8, 4) is 0 Å². The first-order chi connectivity index (χ1) is 8.61. The van der Waals surface area contributed by atoms with E-state index in [0.29, 0.717) is 0 Å². The molecule has 0 aliphatic carbocycles. The smallest absolute Gasteiger partial charge is 0.128 e. The van der Waals surface area contributed by atoms with Gasteiger partial charge in [0.25, 0.3) is 0 Å². The Hall–Kier alpha value is -1.05. The minimum Gasteiger partial charge on any atom is -0.371 e. The summed E-state index contributed by atoms with van der Waals surface area (Å²) in [5.41, 5.74) is 1.87. The average molecular weight is 249 g/mol.